The molecule has 0 N–H and O–H groups in total. The number of hydrogen-bond acceptors (Lipinski definition) is 11. The van der Waals surface area contributed by atoms with Gasteiger partial charge in [0, 0.05) is 45.8 Å². The van der Waals surface area contributed by atoms with Crippen LogP contribution in [0.15, 0.2) is 24.5 Å². The highest BCUT2D eigenvalue weighted by atomic mass is 16.7. The lowest BCUT2D eigenvalue weighted by atomic mass is 10.1. The zero-order valence-corrected chi connectivity index (χ0v) is 18.6. The monoisotopic (exact) mass is 464 g/mol. The minimum atomic E-state index is -0.477. The maximum Gasteiger partial charge on any atom is 0.353 e. The first-order valence-corrected chi connectivity index (χ1v) is 10.9. The van der Waals surface area contributed by atoms with Gasteiger partial charge < -0.3 is 19.3 Å². The summed E-state index contributed by atoms with van der Waals surface area (Å²) in [5.41, 5.74) is 0.918. The van der Waals surface area contributed by atoms with Gasteiger partial charge >= 0.3 is 5.69 Å². The summed E-state index contributed by atoms with van der Waals surface area (Å²) >= 11 is 0. The van der Waals surface area contributed by atoms with Crippen molar-refractivity contribution in [2.24, 2.45) is 0 Å². The van der Waals surface area contributed by atoms with Crippen LogP contribution in [0.3, 0.4) is 0 Å². The molecule has 0 atom stereocenters. The first-order valence-electron chi connectivity index (χ1n) is 10.9. The van der Waals surface area contributed by atoms with Crippen molar-refractivity contribution in [1.82, 2.24) is 14.9 Å². The van der Waals surface area contributed by atoms with E-state index in [-0.39, 0.29) is 50.0 Å². The normalized spacial score (nSPS) is 14.9. The van der Waals surface area contributed by atoms with Crippen LogP contribution in [0.5, 0.6) is 11.5 Å². The molecule has 0 bridgehead atoms. The third kappa shape index (κ3) is 5.08. The van der Waals surface area contributed by atoms with E-state index >= 15 is 0 Å². The van der Waals surface area contributed by atoms with Gasteiger partial charge in [-0.2, -0.15) is 10.5 Å². The summed E-state index contributed by atoms with van der Waals surface area (Å²) in [6, 6.07) is 9.98. The molecule has 1 aromatic carbocycles. The molecule has 0 radical (unpaired) electrons. The Hall–Kier alpha value is -4.16. The third-order valence-electron chi connectivity index (χ3n) is 5.77. The molecule has 2 aromatic rings. The lowest BCUT2D eigenvalue weighted by molar-refractivity contribution is -0.383. The molecule has 0 aliphatic carbocycles. The molecular formula is C22H24N8O4. The van der Waals surface area contributed by atoms with Gasteiger partial charge in [0.2, 0.25) is 18.4 Å². The highest BCUT2D eigenvalue weighted by Gasteiger charge is 2.31. The maximum absolute atomic E-state index is 12.0. The van der Waals surface area contributed by atoms with E-state index in [1.165, 1.54) is 6.33 Å². The molecule has 2 aliphatic heterocycles. The molecule has 34 heavy (non-hydrogen) atoms. The molecule has 1 aromatic heterocycles. The van der Waals surface area contributed by atoms with Crippen LogP contribution in [-0.4, -0.2) is 65.9 Å². The molecule has 0 saturated carbocycles. The molecular weight excluding hydrogens is 440 g/mol. The number of ether oxygens (including phenoxy) is 2. The Bertz CT molecular complexity index is 1100. The van der Waals surface area contributed by atoms with E-state index in [2.05, 4.69) is 14.9 Å². The van der Waals surface area contributed by atoms with Crippen molar-refractivity contribution in [2.45, 2.75) is 19.4 Å². The zero-order valence-electron chi connectivity index (χ0n) is 18.6. The average Bonchev–Trinajstić information content (AvgIpc) is 3.32. The van der Waals surface area contributed by atoms with E-state index in [1.807, 2.05) is 35.2 Å². The number of nitriles is 2. The predicted octanol–water partition coefficient (Wildman–Crippen LogP) is 2.07. The molecule has 0 unspecified atom stereocenters. The van der Waals surface area contributed by atoms with Crippen molar-refractivity contribution < 1.29 is 14.4 Å². The molecule has 12 heteroatoms. The van der Waals surface area contributed by atoms with E-state index in [1.54, 1.807) is 4.90 Å². The Kier molecular flexibility index (Phi) is 7.20. The summed E-state index contributed by atoms with van der Waals surface area (Å²) in [4.78, 5) is 25.8. The highest BCUT2D eigenvalue weighted by Crippen LogP contribution is 2.35. The van der Waals surface area contributed by atoms with Crippen LogP contribution in [0.4, 0.5) is 17.3 Å². The fourth-order valence-corrected chi connectivity index (χ4v) is 4.10. The van der Waals surface area contributed by atoms with Crippen molar-refractivity contribution in [3.8, 4) is 23.6 Å². The number of hydrogen-bond donors (Lipinski definition) is 0. The average molecular weight is 464 g/mol. The fraction of sp³-hybridized carbons (Fsp3) is 0.455. The summed E-state index contributed by atoms with van der Waals surface area (Å²) in [5, 5.41) is 30.0. The summed E-state index contributed by atoms with van der Waals surface area (Å²) in [6.45, 7) is 4.02. The number of aromatic nitrogens is 2. The second-order valence-electron chi connectivity index (χ2n) is 7.88. The summed E-state index contributed by atoms with van der Waals surface area (Å²) in [5.74, 6) is 1.90. The first kappa shape index (κ1) is 23.0. The highest BCUT2D eigenvalue weighted by molar-refractivity contribution is 5.71. The molecule has 176 valence electrons. The maximum atomic E-state index is 12.0. The van der Waals surface area contributed by atoms with Gasteiger partial charge in [-0.15, -0.1) is 0 Å². The molecule has 3 heterocycles. The topological polar surface area (TPSA) is 145 Å². The third-order valence-corrected chi connectivity index (χ3v) is 5.77. The number of rotatable bonds is 9. The van der Waals surface area contributed by atoms with Crippen molar-refractivity contribution in [2.75, 3.05) is 55.9 Å². The van der Waals surface area contributed by atoms with Gasteiger partial charge in [-0.05, 0) is 17.7 Å². The van der Waals surface area contributed by atoms with E-state index in [4.69, 9.17) is 20.0 Å². The van der Waals surface area contributed by atoms with Crippen molar-refractivity contribution in [3.63, 3.8) is 0 Å². The van der Waals surface area contributed by atoms with Gasteiger partial charge in [-0.3, -0.25) is 15.0 Å². The Balaban J connectivity index is 1.48. The smallest absolute Gasteiger partial charge is 0.353 e. The van der Waals surface area contributed by atoms with Gasteiger partial charge in [0.05, 0.1) is 29.9 Å². The van der Waals surface area contributed by atoms with Crippen LogP contribution in [0.1, 0.15) is 18.4 Å². The summed E-state index contributed by atoms with van der Waals surface area (Å²) < 4.78 is 10.8. The number of piperazine rings is 1. The SMILES string of the molecule is N#CCCN(CCC#N)c1ncnc(N2CCN(Cc3ccc4c(c3)OCO4)CC2)c1[N+](=O)[O-]. The van der Waals surface area contributed by atoms with Crippen LogP contribution in [0, 0.1) is 32.8 Å². The standard InChI is InChI=1S/C22H24N8O4/c23-5-1-7-28(8-2-6-24)21-20(30(31)32)22(26-15-25-21)29-11-9-27(10-12-29)14-17-3-4-18-19(13-17)34-16-33-18/h3-4,13,15H,1-2,7-12,14,16H2. The quantitative estimate of drug-likeness (QED) is 0.397. The molecule has 2 aliphatic rings. The number of benzene rings is 1. The first-order chi connectivity index (χ1) is 16.6. The zero-order chi connectivity index (χ0) is 23.9. The largest absolute Gasteiger partial charge is 0.454 e. The van der Waals surface area contributed by atoms with Gasteiger partial charge in [-0.1, -0.05) is 6.07 Å². The minimum Gasteiger partial charge on any atom is -0.454 e. The second kappa shape index (κ2) is 10.6. The Morgan fingerprint density at radius 3 is 2.44 bits per heavy atom. The van der Waals surface area contributed by atoms with Crippen LogP contribution in [0.2, 0.25) is 0 Å². The van der Waals surface area contributed by atoms with Crippen LogP contribution in [0.25, 0.3) is 0 Å². The second-order valence-corrected chi connectivity index (χ2v) is 7.88. The number of nitrogens with zero attached hydrogens (tertiary/aromatic N) is 8. The van der Waals surface area contributed by atoms with E-state index in [0.717, 1.165) is 23.6 Å². The number of nitro groups is 1. The van der Waals surface area contributed by atoms with Crippen molar-refractivity contribution >= 4 is 17.3 Å². The van der Waals surface area contributed by atoms with Gasteiger partial charge in [0.15, 0.2) is 11.5 Å². The molecule has 0 spiro atoms. The van der Waals surface area contributed by atoms with E-state index < -0.39 is 4.92 Å². The van der Waals surface area contributed by atoms with Gasteiger partial charge in [-0.25, -0.2) is 9.97 Å². The van der Waals surface area contributed by atoms with Crippen LogP contribution in [-0.2, 0) is 6.54 Å². The minimum absolute atomic E-state index is 0.142. The molecule has 1 fully saturated rings. The fourth-order valence-electron chi connectivity index (χ4n) is 4.10. The number of anilines is 2. The predicted molar refractivity (Wildman–Crippen MR) is 121 cm³/mol. The van der Waals surface area contributed by atoms with Gasteiger partial charge in [0.1, 0.15) is 6.33 Å². The van der Waals surface area contributed by atoms with E-state index in [0.29, 0.717) is 26.2 Å². The van der Waals surface area contributed by atoms with Crippen LogP contribution < -0.4 is 19.3 Å². The molecule has 4 rings (SSSR count). The summed E-state index contributed by atoms with van der Waals surface area (Å²) in [7, 11) is 0. The number of fused-ring (bicyclic) bond motifs is 1. The Morgan fingerprint density at radius 1 is 1.06 bits per heavy atom. The van der Waals surface area contributed by atoms with Crippen molar-refractivity contribution in [1.29, 1.82) is 10.5 Å². The Labute approximate surface area is 196 Å². The Morgan fingerprint density at radius 2 is 1.76 bits per heavy atom. The molecule has 12 nitrogen and oxygen atoms in total. The van der Waals surface area contributed by atoms with Crippen LogP contribution >= 0.6 is 0 Å². The van der Waals surface area contributed by atoms with Gasteiger partial charge in [0.25, 0.3) is 0 Å². The van der Waals surface area contributed by atoms with E-state index in [9.17, 15) is 10.1 Å². The van der Waals surface area contributed by atoms with Crippen molar-refractivity contribution in [3.05, 3.63) is 40.2 Å². The molecule has 0 amide bonds. The summed E-state index contributed by atoms with van der Waals surface area (Å²) in [6.07, 6.45) is 1.64. The molecule has 1 saturated heterocycles. The lowest BCUT2D eigenvalue weighted by Gasteiger charge is -2.35. The lowest BCUT2D eigenvalue weighted by Crippen LogP contribution is -2.46.